The van der Waals surface area contributed by atoms with Gasteiger partial charge in [-0.2, -0.15) is 0 Å². The number of carbonyl (C=O) groups excluding carboxylic acids is 2. The predicted molar refractivity (Wildman–Crippen MR) is 88.8 cm³/mol. The molecule has 2 aliphatic rings. The van der Waals surface area contributed by atoms with E-state index in [4.69, 9.17) is 0 Å². The van der Waals surface area contributed by atoms with Crippen molar-refractivity contribution in [1.29, 1.82) is 0 Å². The van der Waals surface area contributed by atoms with E-state index in [0.717, 1.165) is 23.6 Å². The Morgan fingerprint density at radius 3 is 2.67 bits per heavy atom. The fraction of sp³-hybridized carbons (Fsp3) is 0.529. The first kappa shape index (κ1) is 17.0. The zero-order valence-corrected chi connectivity index (χ0v) is 14.5. The van der Waals surface area contributed by atoms with Crippen LogP contribution < -0.4 is 5.32 Å². The van der Waals surface area contributed by atoms with Gasteiger partial charge in [-0.25, -0.2) is 12.7 Å². The third-order valence-electron chi connectivity index (χ3n) is 4.91. The molecule has 0 radical (unpaired) electrons. The lowest BCUT2D eigenvalue weighted by atomic mass is 9.86. The lowest BCUT2D eigenvalue weighted by Gasteiger charge is -2.29. The molecular formula is C17H22N2O4S. The maximum absolute atomic E-state index is 12.4. The van der Waals surface area contributed by atoms with E-state index >= 15 is 0 Å². The van der Waals surface area contributed by atoms with Crippen molar-refractivity contribution in [2.75, 3.05) is 6.54 Å². The molecule has 0 spiro atoms. The van der Waals surface area contributed by atoms with E-state index in [1.165, 1.54) is 18.6 Å². The van der Waals surface area contributed by atoms with Gasteiger partial charge in [0.2, 0.25) is 5.91 Å². The van der Waals surface area contributed by atoms with Crippen LogP contribution in [0.5, 0.6) is 0 Å². The van der Waals surface area contributed by atoms with Gasteiger partial charge in [-0.3, -0.25) is 9.59 Å². The molecule has 0 unspecified atom stereocenters. The summed E-state index contributed by atoms with van der Waals surface area (Å²) >= 11 is 0. The first-order valence-corrected chi connectivity index (χ1v) is 9.80. The van der Waals surface area contributed by atoms with Crippen molar-refractivity contribution in [2.45, 2.75) is 50.0 Å². The van der Waals surface area contributed by atoms with Gasteiger partial charge in [0.15, 0.2) is 0 Å². The molecule has 3 rings (SSSR count). The highest BCUT2D eigenvalue weighted by atomic mass is 32.2. The van der Waals surface area contributed by atoms with Gasteiger partial charge in [0.25, 0.3) is 15.9 Å². The zero-order chi connectivity index (χ0) is 17.3. The Balaban J connectivity index is 1.63. The molecule has 1 saturated carbocycles. The van der Waals surface area contributed by atoms with Crippen molar-refractivity contribution in [1.82, 2.24) is 9.62 Å². The van der Waals surface area contributed by atoms with Crippen molar-refractivity contribution < 1.29 is 18.0 Å². The maximum Gasteiger partial charge on any atom is 0.269 e. The molecule has 0 bridgehead atoms. The van der Waals surface area contributed by atoms with Crippen molar-refractivity contribution in [3.63, 3.8) is 0 Å². The minimum absolute atomic E-state index is 0.0117. The first-order chi connectivity index (χ1) is 11.4. The van der Waals surface area contributed by atoms with Crippen molar-refractivity contribution in [2.24, 2.45) is 5.92 Å². The van der Waals surface area contributed by atoms with Gasteiger partial charge in [-0.05, 0) is 30.9 Å². The molecule has 1 aliphatic carbocycles. The number of benzene rings is 1. The molecule has 1 fully saturated rings. The van der Waals surface area contributed by atoms with Gasteiger partial charge in [0, 0.05) is 19.0 Å². The molecule has 0 saturated heterocycles. The number of nitrogens with one attached hydrogen (secondary N) is 1. The second-order valence-corrected chi connectivity index (χ2v) is 8.39. The van der Waals surface area contributed by atoms with Crippen molar-refractivity contribution >= 4 is 21.8 Å². The molecule has 2 amide bonds. The number of sulfonamides is 1. The van der Waals surface area contributed by atoms with Crippen molar-refractivity contribution in [3.8, 4) is 0 Å². The van der Waals surface area contributed by atoms with Crippen molar-refractivity contribution in [3.05, 3.63) is 29.8 Å². The van der Waals surface area contributed by atoms with Crippen LogP contribution in [0.25, 0.3) is 0 Å². The summed E-state index contributed by atoms with van der Waals surface area (Å²) in [5.41, 5.74) is 0.179. The number of amides is 2. The molecule has 1 N–H and O–H groups in total. The SMILES string of the molecule is C[C@H]1CCCC[C@@H]1NC(=O)CCN1C(=O)c2ccccc2S1(=O)=O. The lowest BCUT2D eigenvalue weighted by Crippen LogP contribution is -2.42. The van der Waals surface area contributed by atoms with E-state index in [0.29, 0.717) is 5.92 Å². The summed E-state index contributed by atoms with van der Waals surface area (Å²) in [6.45, 7) is 2.00. The van der Waals surface area contributed by atoms with Gasteiger partial charge < -0.3 is 5.32 Å². The second-order valence-electron chi connectivity index (χ2n) is 6.56. The van der Waals surface area contributed by atoms with E-state index in [1.807, 2.05) is 0 Å². The Kier molecular flexibility index (Phi) is 4.62. The number of carbonyl (C=O) groups is 2. The van der Waals surface area contributed by atoms with E-state index in [-0.39, 0.29) is 35.4 Å². The molecule has 24 heavy (non-hydrogen) atoms. The molecule has 2 atom stereocenters. The summed E-state index contributed by atoms with van der Waals surface area (Å²) < 4.78 is 25.7. The third-order valence-corrected chi connectivity index (χ3v) is 6.75. The second kappa shape index (κ2) is 6.55. The molecule has 1 aromatic carbocycles. The van der Waals surface area contributed by atoms with Crippen LogP contribution in [0.4, 0.5) is 0 Å². The van der Waals surface area contributed by atoms with E-state index in [2.05, 4.69) is 12.2 Å². The molecule has 1 heterocycles. The minimum atomic E-state index is -3.83. The van der Waals surface area contributed by atoms with Crippen LogP contribution in [0.1, 0.15) is 49.4 Å². The fourth-order valence-electron chi connectivity index (χ4n) is 3.46. The van der Waals surface area contributed by atoms with Crippen LogP contribution in [0.3, 0.4) is 0 Å². The Morgan fingerprint density at radius 1 is 1.25 bits per heavy atom. The van der Waals surface area contributed by atoms with Crippen LogP contribution in [-0.4, -0.2) is 37.1 Å². The van der Waals surface area contributed by atoms with Gasteiger partial charge >= 0.3 is 0 Å². The lowest BCUT2D eigenvalue weighted by molar-refractivity contribution is -0.122. The van der Waals surface area contributed by atoms with E-state index < -0.39 is 15.9 Å². The third kappa shape index (κ3) is 3.05. The van der Waals surface area contributed by atoms with Crippen LogP contribution in [0.15, 0.2) is 29.2 Å². The largest absolute Gasteiger partial charge is 0.353 e. The number of hydrogen-bond acceptors (Lipinski definition) is 4. The molecule has 130 valence electrons. The number of nitrogens with zero attached hydrogens (tertiary/aromatic N) is 1. The number of hydrogen-bond donors (Lipinski definition) is 1. The number of rotatable bonds is 4. The molecule has 6 nitrogen and oxygen atoms in total. The zero-order valence-electron chi connectivity index (χ0n) is 13.7. The van der Waals surface area contributed by atoms with Gasteiger partial charge in [0.05, 0.1) is 5.56 Å². The normalized spacial score (nSPS) is 25.4. The standard InChI is InChI=1S/C17H22N2O4S/c1-12-6-2-4-8-14(12)18-16(20)10-11-19-17(21)13-7-3-5-9-15(13)24(19,22)23/h3,5,7,9,12,14H,2,4,6,8,10-11H2,1H3,(H,18,20)/t12-,14-/m0/s1. The highest BCUT2D eigenvalue weighted by Crippen LogP contribution is 2.30. The summed E-state index contributed by atoms with van der Waals surface area (Å²) in [4.78, 5) is 24.5. The molecule has 7 heteroatoms. The van der Waals surface area contributed by atoms with Gasteiger partial charge in [-0.15, -0.1) is 0 Å². The number of fused-ring (bicyclic) bond motifs is 1. The predicted octanol–water partition coefficient (Wildman–Crippen LogP) is 1.92. The fourth-order valence-corrected chi connectivity index (χ4v) is 5.03. The van der Waals surface area contributed by atoms with Gasteiger partial charge in [-0.1, -0.05) is 31.9 Å². The molecular weight excluding hydrogens is 328 g/mol. The van der Waals surface area contributed by atoms with Crippen LogP contribution in [0, 0.1) is 5.92 Å². The first-order valence-electron chi connectivity index (χ1n) is 8.36. The van der Waals surface area contributed by atoms with E-state index in [1.54, 1.807) is 12.1 Å². The Bertz CT molecular complexity index is 760. The minimum Gasteiger partial charge on any atom is -0.353 e. The van der Waals surface area contributed by atoms with Gasteiger partial charge in [0.1, 0.15) is 4.90 Å². The Morgan fingerprint density at radius 2 is 1.96 bits per heavy atom. The summed E-state index contributed by atoms with van der Waals surface area (Å²) in [5.74, 6) is -0.318. The smallest absolute Gasteiger partial charge is 0.269 e. The van der Waals surface area contributed by atoms with E-state index in [9.17, 15) is 18.0 Å². The molecule has 0 aromatic heterocycles. The maximum atomic E-state index is 12.4. The monoisotopic (exact) mass is 350 g/mol. The summed E-state index contributed by atoms with van der Waals surface area (Å²) in [6.07, 6.45) is 4.33. The summed E-state index contributed by atoms with van der Waals surface area (Å²) in [6, 6.07) is 6.29. The van der Waals surface area contributed by atoms with Crippen LogP contribution in [0.2, 0.25) is 0 Å². The topological polar surface area (TPSA) is 83.6 Å². The quantitative estimate of drug-likeness (QED) is 0.899. The Hall–Kier alpha value is -1.89. The molecule has 1 aromatic rings. The Labute approximate surface area is 142 Å². The average molecular weight is 350 g/mol. The highest BCUT2D eigenvalue weighted by molar-refractivity contribution is 7.90. The van der Waals surface area contributed by atoms with Crippen LogP contribution >= 0.6 is 0 Å². The molecule has 1 aliphatic heterocycles. The average Bonchev–Trinajstić information content (AvgIpc) is 2.75. The summed E-state index contributed by atoms with van der Waals surface area (Å²) in [7, 11) is -3.83. The van der Waals surface area contributed by atoms with Crippen LogP contribution in [-0.2, 0) is 14.8 Å². The highest BCUT2D eigenvalue weighted by Gasteiger charge is 2.40. The summed E-state index contributed by atoms with van der Waals surface area (Å²) in [5, 5.41) is 2.98.